The van der Waals surface area contributed by atoms with Crippen LogP contribution in [0.5, 0.6) is 0 Å². The number of hydrogen-bond acceptors (Lipinski definition) is 2. The Morgan fingerprint density at radius 2 is 2.38 bits per heavy atom. The van der Waals surface area contributed by atoms with Crippen molar-refractivity contribution < 1.29 is 9.18 Å². The van der Waals surface area contributed by atoms with Crippen LogP contribution in [0.2, 0.25) is 0 Å². The maximum Gasteiger partial charge on any atom is 0.223 e. The zero-order valence-corrected chi connectivity index (χ0v) is 8.74. The highest BCUT2D eigenvalue weighted by Crippen LogP contribution is 2.07. The van der Waals surface area contributed by atoms with E-state index >= 15 is 0 Å². The van der Waals surface area contributed by atoms with Gasteiger partial charge in [0.2, 0.25) is 5.91 Å². The van der Waals surface area contributed by atoms with Crippen LogP contribution in [0.25, 0.3) is 0 Å². The molecule has 0 bridgehead atoms. The van der Waals surface area contributed by atoms with Crippen molar-refractivity contribution in [3.8, 4) is 11.8 Å². The van der Waals surface area contributed by atoms with Gasteiger partial charge >= 0.3 is 0 Å². The number of halogens is 1. The fourth-order valence-electron chi connectivity index (χ4n) is 1.55. The lowest BCUT2D eigenvalue weighted by molar-refractivity contribution is -0.127. The van der Waals surface area contributed by atoms with E-state index < -0.39 is 0 Å². The van der Waals surface area contributed by atoms with Crippen LogP contribution in [-0.2, 0) is 4.79 Å². The Morgan fingerprint density at radius 1 is 1.50 bits per heavy atom. The first-order valence-electron chi connectivity index (χ1n) is 5.14. The van der Waals surface area contributed by atoms with Gasteiger partial charge in [0.1, 0.15) is 11.5 Å². The van der Waals surface area contributed by atoms with E-state index in [2.05, 4.69) is 16.8 Å². The highest BCUT2D eigenvalue weighted by Gasteiger charge is 2.18. The molecule has 0 aliphatic carbocycles. The Balaban J connectivity index is 1.95. The first-order valence-corrected chi connectivity index (χ1v) is 5.14. The largest absolute Gasteiger partial charge is 0.332 e. The lowest BCUT2D eigenvalue weighted by atomic mass is 10.3. The van der Waals surface area contributed by atoms with E-state index in [0.29, 0.717) is 18.7 Å². The van der Waals surface area contributed by atoms with Gasteiger partial charge in [-0.25, -0.2) is 9.37 Å². The minimum absolute atomic E-state index is 0.154. The molecule has 0 aromatic carbocycles. The monoisotopic (exact) mass is 218 g/mol. The second-order valence-electron chi connectivity index (χ2n) is 3.58. The van der Waals surface area contributed by atoms with Crippen LogP contribution < -0.4 is 0 Å². The molecule has 1 aromatic heterocycles. The van der Waals surface area contributed by atoms with Crippen LogP contribution >= 0.6 is 0 Å². The third-order valence-corrected chi connectivity index (χ3v) is 2.39. The number of rotatable bonds is 1. The van der Waals surface area contributed by atoms with Crippen LogP contribution in [0.15, 0.2) is 18.3 Å². The Hall–Kier alpha value is -1.89. The molecule has 2 rings (SSSR count). The van der Waals surface area contributed by atoms with Gasteiger partial charge in [-0.15, -0.1) is 0 Å². The molecule has 1 aliphatic heterocycles. The van der Waals surface area contributed by atoms with Crippen molar-refractivity contribution in [1.29, 1.82) is 0 Å². The van der Waals surface area contributed by atoms with Crippen molar-refractivity contribution >= 4 is 5.91 Å². The number of carbonyl (C=O) groups excluding carboxylic acids is 1. The molecule has 0 saturated carbocycles. The zero-order chi connectivity index (χ0) is 11.4. The van der Waals surface area contributed by atoms with E-state index in [4.69, 9.17) is 0 Å². The molecule has 1 saturated heterocycles. The fraction of sp³-hybridized carbons (Fsp3) is 0.333. The number of carbonyl (C=O) groups is 1. The zero-order valence-electron chi connectivity index (χ0n) is 8.74. The summed E-state index contributed by atoms with van der Waals surface area (Å²) in [4.78, 5) is 16.8. The predicted molar refractivity (Wildman–Crippen MR) is 56.9 cm³/mol. The lowest BCUT2D eigenvalue weighted by Crippen LogP contribution is -2.24. The number of nitrogens with zero attached hydrogens (tertiary/aromatic N) is 2. The first-order chi connectivity index (χ1) is 7.75. The normalized spacial score (nSPS) is 14.8. The van der Waals surface area contributed by atoms with Gasteiger partial charge < -0.3 is 4.90 Å². The van der Waals surface area contributed by atoms with E-state index in [-0.39, 0.29) is 11.7 Å². The number of hydrogen-bond donors (Lipinski definition) is 0. The van der Waals surface area contributed by atoms with Crippen molar-refractivity contribution in [1.82, 2.24) is 9.88 Å². The molecule has 4 heteroatoms. The average Bonchev–Trinajstić information content (AvgIpc) is 2.68. The summed E-state index contributed by atoms with van der Waals surface area (Å²) in [5.41, 5.74) is 0.521. The molecule has 1 amide bonds. The van der Waals surface area contributed by atoms with Gasteiger partial charge in [0, 0.05) is 13.0 Å². The third kappa shape index (κ3) is 2.57. The maximum absolute atomic E-state index is 12.5. The van der Waals surface area contributed by atoms with Crippen molar-refractivity contribution in [3.05, 3.63) is 29.8 Å². The first kappa shape index (κ1) is 10.6. The fourth-order valence-corrected chi connectivity index (χ4v) is 1.55. The molecule has 0 atom stereocenters. The van der Waals surface area contributed by atoms with Gasteiger partial charge in [-0.1, -0.05) is 5.92 Å². The minimum atomic E-state index is -0.375. The molecule has 0 radical (unpaired) electrons. The van der Waals surface area contributed by atoms with Crippen LogP contribution in [0.4, 0.5) is 4.39 Å². The summed E-state index contributed by atoms with van der Waals surface area (Å²) in [5, 5.41) is 0. The third-order valence-electron chi connectivity index (χ3n) is 2.39. The molecule has 2 heterocycles. The Bertz CT molecular complexity index is 444. The minimum Gasteiger partial charge on any atom is -0.332 e. The van der Waals surface area contributed by atoms with Gasteiger partial charge in [0.05, 0.1) is 12.7 Å². The van der Waals surface area contributed by atoms with E-state index in [1.807, 2.05) is 0 Å². The molecular formula is C12H11FN2O. The summed E-state index contributed by atoms with van der Waals surface area (Å²) in [6.45, 7) is 1.21. The van der Waals surface area contributed by atoms with E-state index in [1.165, 1.54) is 12.1 Å². The lowest BCUT2D eigenvalue weighted by Gasteiger charge is -2.09. The maximum atomic E-state index is 12.5. The molecule has 16 heavy (non-hydrogen) atoms. The second kappa shape index (κ2) is 4.75. The highest BCUT2D eigenvalue weighted by atomic mass is 19.1. The molecule has 3 nitrogen and oxygen atoms in total. The summed E-state index contributed by atoms with van der Waals surface area (Å²) in [7, 11) is 0. The number of aromatic nitrogens is 1. The summed E-state index contributed by atoms with van der Waals surface area (Å²) in [6, 6.07) is 2.84. The van der Waals surface area contributed by atoms with Crippen LogP contribution in [-0.4, -0.2) is 28.9 Å². The van der Waals surface area contributed by atoms with Crippen molar-refractivity contribution in [2.75, 3.05) is 13.1 Å². The van der Waals surface area contributed by atoms with Gasteiger partial charge in [-0.3, -0.25) is 4.79 Å². The molecule has 0 N–H and O–H groups in total. The van der Waals surface area contributed by atoms with E-state index in [9.17, 15) is 9.18 Å². The molecule has 0 unspecified atom stereocenters. The molecule has 0 spiro atoms. The van der Waals surface area contributed by atoms with Gasteiger partial charge in [-0.2, -0.15) is 0 Å². The van der Waals surface area contributed by atoms with Crippen LogP contribution in [0, 0.1) is 17.7 Å². The molecule has 1 aliphatic rings. The summed E-state index contributed by atoms with van der Waals surface area (Å²) < 4.78 is 12.5. The second-order valence-corrected chi connectivity index (χ2v) is 3.58. The molecule has 1 fully saturated rings. The smallest absolute Gasteiger partial charge is 0.223 e. The van der Waals surface area contributed by atoms with Gasteiger partial charge in [0.25, 0.3) is 0 Å². The Kier molecular flexibility index (Phi) is 3.16. The van der Waals surface area contributed by atoms with Crippen molar-refractivity contribution in [2.45, 2.75) is 12.8 Å². The van der Waals surface area contributed by atoms with Crippen molar-refractivity contribution in [3.63, 3.8) is 0 Å². The summed E-state index contributed by atoms with van der Waals surface area (Å²) in [5.74, 6) is 5.44. The molecule has 1 aromatic rings. The molecule has 82 valence electrons. The topological polar surface area (TPSA) is 33.2 Å². The summed E-state index contributed by atoms with van der Waals surface area (Å²) in [6.07, 6.45) is 2.66. The SMILES string of the molecule is O=C1CCCN1CC#Cc1ccc(F)cn1. The van der Waals surface area contributed by atoms with E-state index in [1.54, 1.807) is 4.90 Å². The standard InChI is InChI=1S/C12H11FN2O/c13-10-5-6-11(14-9-10)3-1-7-15-8-2-4-12(15)16/h5-6,9H,2,4,7-8H2. The molecular weight excluding hydrogens is 207 g/mol. The summed E-state index contributed by atoms with van der Waals surface area (Å²) >= 11 is 0. The van der Waals surface area contributed by atoms with Crippen LogP contribution in [0.3, 0.4) is 0 Å². The van der Waals surface area contributed by atoms with Crippen molar-refractivity contribution in [2.24, 2.45) is 0 Å². The quantitative estimate of drug-likeness (QED) is 0.663. The number of pyridine rings is 1. The number of amides is 1. The highest BCUT2D eigenvalue weighted by molar-refractivity contribution is 5.78. The van der Waals surface area contributed by atoms with E-state index in [0.717, 1.165) is 19.2 Å². The van der Waals surface area contributed by atoms with Crippen LogP contribution in [0.1, 0.15) is 18.5 Å². The Labute approximate surface area is 93.3 Å². The average molecular weight is 218 g/mol. The van der Waals surface area contributed by atoms with Gasteiger partial charge in [-0.05, 0) is 24.5 Å². The number of likely N-dealkylation sites (tertiary alicyclic amines) is 1. The predicted octanol–water partition coefficient (Wildman–Crippen LogP) is 1.19. The Morgan fingerprint density at radius 3 is 3.00 bits per heavy atom. The van der Waals surface area contributed by atoms with Gasteiger partial charge in [0.15, 0.2) is 0 Å².